The lowest BCUT2D eigenvalue weighted by atomic mass is 9.94. The van der Waals surface area contributed by atoms with Crippen LogP contribution in [0.5, 0.6) is 0 Å². The fraction of sp³-hybridized carbons (Fsp3) is 0.923. The van der Waals surface area contributed by atoms with E-state index in [0.29, 0.717) is 25.7 Å². The minimum atomic E-state index is -0.696. The molecular formula is C13H25NO4. The van der Waals surface area contributed by atoms with E-state index in [4.69, 9.17) is 14.2 Å². The number of methoxy groups -OCH3 is 1. The number of hydrogen-bond donors (Lipinski definition) is 1. The average Bonchev–Trinajstić information content (AvgIpc) is 3.16. The zero-order chi connectivity index (χ0) is 13.6. The Balaban J connectivity index is 2.62. The molecule has 1 N–H and O–H groups in total. The van der Waals surface area contributed by atoms with Gasteiger partial charge in [-0.05, 0) is 39.7 Å². The summed E-state index contributed by atoms with van der Waals surface area (Å²) in [4.78, 5) is 12.2. The highest BCUT2D eigenvalue weighted by Gasteiger charge is 2.51. The molecule has 106 valence electrons. The normalized spacial score (nSPS) is 20.2. The largest absolute Gasteiger partial charge is 0.465 e. The highest BCUT2D eigenvalue weighted by atomic mass is 16.5. The van der Waals surface area contributed by atoms with Gasteiger partial charge in [0.1, 0.15) is 5.54 Å². The van der Waals surface area contributed by atoms with Crippen molar-refractivity contribution < 1.29 is 19.0 Å². The summed E-state index contributed by atoms with van der Waals surface area (Å²) in [5.74, 6) is 0.107. The summed E-state index contributed by atoms with van der Waals surface area (Å²) in [6.45, 7) is 5.00. The lowest BCUT2D eigenvalue weighted by molar-refractivity contribution is -0.156. The third-order valence-electron chi connectivity index (χ3n) is 3.36. The van der Waals surface area contributed by atoms with Gasteiger partial charge in [-0.25, -0.2) is 4.79 Å². The summed E-state index contributed by atoms with van der Waals surface area (Å²) in [5.41, 5.74) is -0.696. The van der Waals surface area contributed by atoms with Crippen molar-refractivity contribution in [2.75, 3.05) is 34.0 Å². The Morgan fingerprint density at radius 3 is 2.61 bits per heavy atom. The van der Waals surface area contributed by atoms with Crippen molar-refractivity contribution in [1.29, 1.82) is 0 Å². The van der Waals surface area contributed by atoms with Crippen molar-refractivity contribution in [2.24, 2.45) is 5.92 Å². The first-order valence-electron chi connectivity index (χ1n) is 6.57. The second-order valence-electron chi connectivity index (χ2n) is 4.79. The van der Waals surface area contributed by atoms with Gasteiger partial charge in [-0.15, -0.1) is 0 Å². The molecular weight excluding hydrogens is 234 g/mol. The van der Waals surface area contributed by atoms with Crippen LogP contribution in [0.15, 0.2) is 0 Å². The van der Waals surface area contributed by atoms with E-state index < -0.39 is 5.54 Å². The van der Waals surface area contributed by atoms with E-state index >= 15 is 0 Å². The standard InChI is InChI=1S/C13H25NO4/c1-5-17-12(15)13(14-3,11-6-7-11)9-18-10(2)8-16-4/h10-11,14H,5-9H2,1-4H3. The van der Waals surface area contributed by atoms with Crippen LogP contribution in [0.1, 0.15) is 26.7 Å². The fourth-order valence-electron chi connectivity index (χ4n) is 2.11. The van der Waals surface area contributed by atoms with Gasteiger partial charge < -0.3 is 19.5 Å². The number of hydrogen-bond acceptors (Lipinski definition) is 5. The molecule has 0 aliphatic heterocycles. The highest BCUT2D eigenvalue weighted by molar-refractivity contribution is 5.82. The minimum Gasteiger partial charge on any atom is -0.465 e. The highest BCUT2D eigenvalue weighted by Crippen LogP contribution is 2.40. The van der Waals surface area contributed by atoms with Gasteiger partial charge in [-0.1, -0.05) is 0 Å². The van der Waals surface area contributed by atoms with Crippen molar-refractivity contribution >= 4 is 5.97 Å². The quantitative estimate of drug-likeness (QED) is 0.625. The predicted octanol–water partition coefficient (Wildman–Crippen LogP) is 0.969. The summed E-state index contributed by atoms with van der Waals surface area (Å²) in [7, 11) is 3.43. The second-order valence-corrected chi connectivity index (χ2v) is 4.79. The van der Waals surface area contributed by atoms with E-state index in [1.807, 2.05) is 13.8 Å². The molecule has 0 spiro atoms. The van der Waals surface area contributed by atoms with Crippen LogP contribution in [-0.2, 0) is 19.0 Å². The Bertz CT molecular complexity index is 268. The van der Waals surface area contributed by atoms with E-state index in [-0.39, 0.29) is 12.1 Å². The number of carbonyl (C=O) groups is 1. The van der Waals surface area contributed by atoms with Gasteiger partial charge in [-0.3, -0.25) is 0 Å². The van der Waals surface area contributed by atoms with Crippen LogP contribution >= 0.6 is 0 Å². The summed E-state index contributed by atoms with van der Waals surface area (Å²) in [6, 6.07) is 0. The van der Waals surface area contributed by atoms with Crippen LogP contribution in [-0.4, -0.2) is 51.6 Å². The summed E-state index contributed by atoms with van der Waals surface area (Å²) >= 11 is 0. The zero-order valence-corrected chi connectivity index (χ0v) is 11.8. The molecule has 1 fully saturated rings. The van der Waals surface area contributed by atoms with Crippen molar-refractivity contribution in [1.82, 2.24) is 5.32 Å². The Labute approximate surface area is 109 Å². The number of carbonyl (C=O) groups excluding carboxylic acids is 1. The molecule has 0 bridgehead atoms. The van der Waals surface area contributed by atoms with Crippen LogP contribution < -0.4 is 5.32 Å². The third-order valence-corrected chi connectivity index (χ3v) is 3.36. The van der Waals surface area contributed by atoms with Crippen molar-refractivity contribution in [3.63, 3.8) is 0 Å². The lowest BCUT2D eigenvalue weighted by Crippen LogP contribution is -2.57. The number of nitrogens with one attached hydrogen (secondary N) is 1. The van der Waals surface area contributed by atoms with Gasteiger partial charge in [-0.2, -0.15) is 0 Å². The molecule has 0 radical (unpaired) electrons. The molecule has 5 nitrogen and oxygen atoms in total. The topological polar surface area (TPSA) is 56.8 Å². The van der Waals surface area contributed by atoms with E-state index in [2.05, 4.69) is 5.32 Å². The van der Waals surface area contributed by atoms with Gasteiger partial charge in [0.15, 0.2) is 0 Å². The number of esters is 1. The lowest BCUT2D eigenvalue weighted by Gasteiger charge is -2.32. The molecule has 0 heterocycles. The molecule has 0 amide bonds. The van der Waals surface area contributed by atoms with Gasteiger partial charge in [0.25, 0.3) is 0 Å². The summed E-state index contributed by atoms with van der Waals surface area (Å²) in [5, 5.41) is 3.12. The predicted molar refractivity (Wildman–Crippen MR) is 68.4 cm³/mol. The van der Waals surface area contributed by atoms with Crippen LogP contribution in [0.3, 0.4) is 0 Å². The molecule has 1 rings (SSSR count). The monoisotopic (exact) mass is 259 g/mol. The van der Waals surface area contributed by atoms with Gasteiger partial charge >= 0.3 is 5.97 Å². The maximum Gasteiger partial charge on any atom is 0.329 e. The van der Waals surface area contributed by atoms with Crippen molar-refractivity contribution in [2.45, 2.75) is 38.3 Å². The van der Waals surface area contributed by atoms with Gasteiger partial charge in [0, 0.05) is 7.11 Å². The SMILES string of the molecule is CCOC(=O)C(COC(C)COC)(NC)C1CC1. The Hall–Kier alpha value is -0.650. The molecule has 2 atom stereocenters. The molecule has 2 unspecified atom stereocenters. The summed E-state index contributed by atoms with van der Waals surface area (Å²) in [6.07, 6.45) is 2.06. The number of likely N-dealkylation sites (N-methyl/N-ethyl adjacent to an activating group) is 1. The Morgan fingerprint density at radius 1 is 1.50 bits per heavy atom. The molecule has 0 aromatic rings. The van der Waals surface area contributed by atoms with Crippen LogP contribution in [0.4, 0.5) is 0 Å². The molecule has 5 heteroatoms. The first-order valence-corrected chi connectivity index (χ1v) is 6.57. The van der Waals surface area contributed by atoms with E-state index in [1.165, 1.54) is 0 Å². The average molecular weight is 259 g/mol. The van der Waals surface area contributed by atoms with E-state index in [1.54, 1.807) is 14.2 Å². The fourth-order valence-corrected chi connectivity index (χ4v) is 2.11. The number of rotatable bonds is 9. The van der Waals surface area contributed by atoms with Crippen LogP contribution in [0, 0.1) is 5.92 Å². The third kappa shape index (κ3) is 3.67. The Morgan fingerprint density at radius 2 is 2.17 bits per heavy atom. The molecule has 0 aromatic carbocycles. The first kappa shape index (κ1) is 15.4. The van der Waals surface area contributed by atoms with Crippen molar-refractivity contribution in [3.8, 4) is 0 Å². The minimum absolute atomic E-state index is 0.0316. The van der Waals surface area contributed by atoms with Crippen molar-refractivity contribution in [3.05, 3.63) is 0 Å². The van der Waals surface area contributed by atoms with E-state index in [9.17, 15) is 4.79 Å². The summed E-state index contributed by atoms with van der Waals surface area (Å²) < 4.78 is 15.9. The number of ether oxygens (including phenoxy) is 3. The maximum absolute atomic E-state index is 12.2. The van der Waals surface area contributed by atoms with Gasteiger partial charge in [0.2, 0.25) is 0 Å². The molecule has 1 aliphatic carbocycles. The van der Waals surface area contributed by atoms with Gasteiger partial charge in [0.05, 0.1) is 25.9 Å². The smallest absolute Gasteiger partial charge is 0.329 e. The molecule has 0 saturated heterocycles. The molecule has 1 saturated carbocycles. The van der Waals surface area contributed by atoms with Crippen LogP contribution in [0.2, 0.25) is 0 Å². The molecule has 18 heavy (non-hydrogen) atoms. The first-order chi connectivity index (χ1) is 8.60. The molecule has 0 aromatic heterocycles. The van der Waals surface area contributed by atoms with E-state index in [0.717, 1.165) is 12.8 Å². The maximum atomic E-state index is 12.2. The second kappa shape index (κ2) is 7.07. The Kier molecular flexibility index (Phi) is 6.05. The zero-order valence-electron chi connectivity index (χ0n) is 11.8. The van der Waals surface area contributed by atoms with Crippen LogP contribution in [0.25, 0.3) is 0 Å². The molecule has 1 aliphatic rings.